The van der Waals surface area contributed by atoms with Gasteiger partial charge in [0.1, 0.15) is 5.76 Å². The number of nitrogens with zero attached hydrogens (tertiary/aromatic N) is 4. The Hall–Kier alpha value is -0.830. The average Bonchev–Trinajstić information content (AvgIpc) is 3.33. The summed E-state index contributed by atoms with van der Waals surface area (Å²) in [6, 6.07) is 0. The number of aliphatic imine (C=N–C) groups is 1. The van der Waals surface area contributed by atoms with Gasteiger partial charge in [-0.25, -0.2) is 0 Å². The second kappa shape index (κ2) is 10.5. The highest BCUT2D eigenvalue weighted by molar-refractivity contribution is 14.0. The molecule has 0 aromatic carbocycles. The van der Waals surface area contributed by atoms with Crippen molar-refractivity contribution in [3.8, 4) is 0 Å². The topological polar surface area (TPSA) is 56.9 Å². The van der Waals surface area contributed by atoms with Gasteiger partial charge in [-0.05, 0) is 65.5 Å². The van der Waals surface area contributed by atoms with Crippen LogP contribution in [-0.2, 0) is 6.42 Å². The van der Waals surface area contributed by atoms with E-state index in [1.54, 1.807) is 0 Å². The number of hydrogen-bond acceptors (Lipinski definition) is 4. The lowest BCUT2D eigenvalue weighted by atomic mass is 10.1. The van der Waals surface area contributed by atoms with Crippen LogP contribution in [0.1, 0.15) is 43.2 Å². The predicted molar refractivity (Wildman–Crippen MR) is 116 cm³/mol. The quantitative estimate of drug-likeness (QED) is 0.390. The van der Waals surface area contributed by atoms with Crippen LogP contribution in [0.4, 0.5) is 0 Å². The van der Waals surface area contributed by atoms with Crippen LogP contribution in [0.2, 0.25) is 0 Å². The molecule has 0 radical (unpaired) electrons. The number of likely N-dealkylation sites (tertiary alicyclic amines) is 2. The monoisotopic (exact) mass is 475 g/mol. The summed E-state index contributed by atoms with van der Waals surface area (Å²) < 4.78 is 5.25. The third kappa shape index (κ3) is 5.58. The van der Waals surface area contributed by atoms with Crippen molar-refractivity contribution < 1.29 is 4.52 Å². The van der Waals surface area contributed by atoms with Gasteiger partial charge in [-0.1, -0.05) is 5.16 Å². The normalized spacial score (nSPS) is 21.3. The van der Waals surface area contributed by atoms with Gasteiger partial charge in [0, 0.05) is 38.3 Å². The van der Waals surface area contributed by atoms with Crippen LogP contribution in [0.3, 0.4) is 0 Å². The van der Waals surface area contributed by atoms with Crippen LogP contribution in [0.25, 0.3) is 0 Å². The number of aryl methyl sites for hydroxylation is 2. The highest BCUT2D eigenvalue weighted by Gasteiger charge is 2.27. The third-order valence-corrected chi connectivity index (χ3v) is 5.44. The third-order valence-electron chi connectivity index (χ3n) is 5.44. The Morgan fingerprint density at radius 1 is 1.27 bits per heavy atom. The Morgan fingerprint density at radius 3 is 2.69 bits per heavy atom. The van der Waals surface area contributed by atoms with Gasteiger partial charge >= 0.3 is 0 Å². The molecule has 148 valence electrons. The van der Waals surface area contributed by atoms with Crippen molar-refractivity contribution in [3.05, 3.63) is 17.0 Å². The zero-order valence-electron chi connectivity index (χ0n) is 16.5. The van der Waals surface area contributed by atoms with Crippen LogP contribution in [0.5, 0.6) is 0 Å². The van der Waals surface area contributed by atoms with Crippen LogP contribution < -0.4 is 5.32 Å². The Kier molecular flexibility index (Phi) is 8.66. The largest absolute Gasteiger partial charge is 0.361 e. The molecule has 1 aromatic rings. The second-order valence-corrected chi connectivity index (χ2v) is 7.40. The minimum absolute atomic E-state index is 0. The predicted octanol–water partition coefficient (Wildman–Crippen LogP) is 2.84. The minimum Gasteiger partial charge on any atom is -0.361 e. The first-order valence-corrected chi connectivity index (χ1v) is 9.84. The highest BCUT2D eigenvalue weighted by atomic mass is 127. The highest BCUT2D eigenvalue weighted by Crippen LogP contribution is 2.20. The zero-order valence-corrected chi connectivity index (χ0v) is 18.8. The summed E-state index contributed by atoms with van der Waals surface area (Å²) in [6.07, 6.45) is 4.93. The fraction of sp³-hybridized carbons (Fsp3) is 0.789. The summed E-state index contributed by atoms with van der Waals surface area (Å²) in [5.41, 5.74) is 2.19. The van der Waals surface area contributed by atoms with E-state index in [4.69, 9.17) is 9.52 Å². The molecule has 3 heterocycles. The summed E-state index contributed by atoms with van der Waals surface area (Å²) in [5.74, 6) is 2.77. The molecular formula is C19H34IN5O. The molecule has 2 aliphatic heterocycles. The molecule has 0 amide bonds. The number of aromatic nitrogens is 1. The van der Waals surface area contributed by atoms with Gasteiger partial charge < -0.3 is 19.6 Å². The van der Waals surface area contributed by atoms with Gasteiger partial charge in [0.05, 0.1) is 5.69 Å². The van der Waals surface area contributed by atoms with E-state index in [0.717, 1.165) is 55.9 Å². The molecule has 2 aliphatic rings. The Labute approximate surface area is 174 Å². The van der Waals surface area contributed by atoms with E-state index in [-0.39, 0.29) is 24.0 Å². The molecule has 3 rings (SSSR count). The molecule has 6 nitrogen and oxygen atoms in total. The first-order chi connectivity index (χ1) is 12.2. The molecule has 1 aromatic heterocycles. The molecule has 0 bridgehead atoms. The SMILES string of the molecule is CCNC(=NCCc1c(C)noc1C)N1CCC(CN2CCCC2)C1.I. The van der Waals surface area contributed by atoms with Crippen molar-refractivity contribution in [2.75, 3.05) is 45.8 Å². The molecular weight excluding hydrogens is 441 g/mol. The molecule has 1 N–H and O–H groups in total. The maximum Gasteiger partial charge on any atom is 0.193 e. The minimum atomic E-state index is 0. The van der Waals surface area contributed by atoms with Crippen molar-refractivity contribution >= 4 is 29.9 Å². The smallest absolute Gasteiger partial charge is 0.193 e. The molecule has 7 heteroatoms. The van der Waals surface area contributed by atoms with Crippen molar-refractivity contribution in [2.24, 2.45) is 10.9 Å². The van der Waals surface area contributed by atoms with Gasteiger partial charge in [0.2, 0.25) is 0 Å². The number of guanidine groups is 1. The van der Waals surface area contributed by atoms with Gasteiger partial charge in [-0.3, -0.25) is 4.99 Å². The van der Waals surface area contributed by atoms with E-state index in [9.17, 15) is 0 Å². The maximum atomic E-state index is 5.25. The van der Waals surface area contributed by atoms with Crippen LogP contribution in [-0.4, -0.2) is 66.7 Å². The van der Waals surface area contributed by atoms with Crippen molar-refractivity contribution in [2.45, 2.75) is 46.5 Å². The van der Waals surface area contributed by atoms with Crippen LogP contribution >= 0.6 is 24.0 Å². The number of nitrogens with one attached hydrogen (secondary N) is 1. The number of halogens is 1. The second-order valence-electron chi connectivity index (χ2n) is 7.40. The fourth-order valence-electron chi connectivity index (χ4n) is 4.06. The number of rotatable bonds is 6. The van der Waals surface area contributed by atoms with E-state index in [1.165, 1.54) is 44.5 Å². The van der Waals surface area contributed by atoms with Gasteiger partial charge in [0.15, 0.2) is 5.96 Å². The Balaban J connectivity index is 0.00000243. The number of hydrogen-bond donors (Lipinski definition) is 1. The average molecular weight is 475 g/mol. The van der Waals surface area contributed by atoms with E-state index < -0.39 is 0 Å². The first kappa shape index (κ1) is 21.5. The fourth-order valence-corrected chi connectivity index (χ4v) is 4.06. The van der Waals surface area contributed by atoms with E-state index in [1.807, 2.05) is 13.8 Å². The van der Waals surface area contributed by atoms with Crippen molar-refractivity contribution in [3.63, 3.8) is 0 Å². The first-order valence-electron chi connectivity index (χ1n) is 9.84. The molecule has 0 spiro atoms. The lowest BCUT2D eigenvalue weighted by molar-refractivity contribution is 0.281. The summed E-state index contributed by atoms with van der Waals surface area (Å²) in [5, 5.41) is 7.50. The molecule has 0 saturated carbocycles. The summed E-state index contributed by atoms with van der Waals surface area (Å²) in [4.78, 5) is 9.94. The lowest BCUT2D eigenvalue weighted by Crippen LogP contribution is -2.41. The lowest BCUT2D eigenvalue weighted by Gasteiger charge is -2.23. The van der Waals surface area contributed by atoms with Gasteiger partial charge in [-0.15, -0.1) is 24.0 Å². The molecule has 0 aliphatic carbocycles. The van der Waals surface area contributed by atoms with E-state index in [0.29, 0.717) is 0 Å². The van der Waals surface area contributed by atoms with E-state index >= 15 is 0 Å². The summed E-state index contributed by atoms with van der Waals surface area (Å²) in [7, 11) is 0. The standard InChI is InChI=1S/C19H33N5O.HI/c1-4-20-19(21-9-7-18-15(2)22-25-16(18)3)24-12-8-17(14-24)13-23-10-5-6-11-23;/h17H,4-14H2,1-3H3,(H,20,21);1H. The summed E-state index contributed by atoms with van der Waals surface area (Å²) >= 11 is 0. The Bertz CT molecular complexity index is 563. The molecule has 1 unspecified atom stereocenters. The Morgan fingerprint density at radius 2 is 2.04 bits per heavy atom. The molecule has 2 fully saturated rings. The van der Waals surface area contributed by atoms with Gasteiger partial charge in [-0.2, -0.15) is 0 Å². The van der Waals surface area contributed by atoms with Crippen molar-refractivity contribution in [1.82, 2.24) is 20.3 Å². The van der Waals surface area contributed by atoms with Crippen LogP contribution in [0.15, 0.2) is 9.52 Å². The molecule has 2 saturated heterocycles. The van der Waals surface area contributed by atoms with E-state index in [2.05, 4.69) is 27.2 Å². The zero-order chi connectivity index (χ0) is 17.6. The van der Waals surface area contributed by atoms with Gasteiger partial charge in [0.25, 0.3) is 0 Å². The maximum absolute atomic E-state index is 5.25. The summed E-state index contributed by atoms with van der Waals surface area (Å²) in [6.45, 7) is 13.9. The molecule has 1 atom stereocenters. The molecule has 26 heavy (non-hydrogen) atoms. The van der Waals surface area contributed by atoms with Crippen LogP contribution in [0, 0.1) is 19.8 Å². The van der Waals surface area contributed by atoms with Crippen molar-refractivity contribution in [1.29, 1.82) is 0 Å².